The Bertz CT molecular complexity index is 2860. The Morgan fingerprint density at radius 3 is 1.75 bits per heavy atom. The van der Waals surface area contributed by atoms with Crippen LogP contribution in [0.5, 0.6) is 11.6 Å². The Hall–Kier alpha value is -6.27. The number of aryl methyl sites for hydroxylation is 6. The van der Waals surface area contributed by atoms with Crippen molar-refractivity contribution in [2.45, 2.75) is 69.2 Å². The van der Waals surface area contributed by atoms with E-state index in [0.717, 1.165) is 40.0 Å². The molecular weight excluding hydrogens is 719 g/mol. The van der Waals surface area contributed by atoms with Crippen molar-refractivity contribution in [2.75, 3.05) is 23.5 Å². The van der Waals surface area contributed by atoms with Crippen molar-refractivity contribution >= 4 is 62.1 Å². The SMILES string of the molecule is Cc1cc(C)c(B(c2c(C)cc(C)cc2C)c2c(C)c(C)c(-n3c4ccccc4c4nc(Oc5cccc(N6CN(C)c7ccccc76)c5)ccc43)c(C)c2C)c(C)c1. The van der Waals surface area contributed by atoms with E-state index in [4.69, 9.17) is 9.72 Å². The zero-order valence-corrected chi connectivity index (χ0v) is 36.4. The van der Waals surface area contributed by atoms with Crippen molar-refractivity contribution < 1.29 is 4.74 Å². The molecule has 0 saturated heterocycles. The van der Waals surface area contributed by atoms with Crippen molar-refractivity contribution in [3.05, 3.63) is 165 Å². The molecule has 0 atom stereocenters. The molecule has 1 aliphatic rings. The predicted molar refractivity (Wildman–Crippen MR) is 252 cm³/mol. The van der Waals surface area contributed by atoms with Gasteiger partial charge >= 0.3 is 0 Å². The number of para-hydroxylation sites is 3. The van der Waals surface area contributed by atoms with Gasteiger partial charge in [-0.15, -0.1) is 0 Å². The molecule has 294 valence electrons. The summed E-state index contributed by atoms with van der Waals surface area (Å²) in [4.78, 5) is 9.83. The summed E-state index contributed by atoms with van der Waals surface area (Å²) in [5, 5.41) is 1.10. The van der Waals surface area contributed by atoms with Crippen molar-refractivity contribution in [3.8, 4) is 17.3 Å². The summed E-state index contributed by atoms with van der Waals surface area (Å²) in [7, 11) is 2.13. The van der Waals surface area contributed by atoms with Crippen LogP contribution in [-0.2, 0) is 0 Å². The third-order valence-corrected chi connectivity index (χ3v) is 13.0. The largest absolute Gasteiger partial charge is 0.439 e. The molecule has 9 rings (SSSR count). The first-order chi connectivity index (χ1) is 28.3. The normalized spacial score (nSPS) is 12.5. The van der Waals surface area contributed by atoms with Crippen molar-refractivity contribution in [1.82, 2.24) is 9.55 Å². The quantitative estimate of drug-likeness (QED) is 0.151. The van der Waals surface area contributed by atoms with Crippen molar-refractivity contribution in [3.63, 3.8) is 0 Å². The van der Waals surface area contributed by atoms with Crippen molar-refractivity contribution in [1.29, 1.82) is 0 Å². The maximum Gasteiger partial charge on any atom is 0.243 e. The fourth-order valence-corrected chi connectivity index (χ4v) is 10.4. The first-order valence-electron chi connectivity index (χ1n) is 20.8. The van der Waals surface area contributed by atoms with Gasteiger partial charge in [0, 0.05) is 30.3 Å². The lowest BCUT2D eigenvalue weighted by molar-refractivity contribution is 0.465. The number of fused-ring (bicyclic) bond motifs is 4. The van der Waals surface area contributed by atoms with Gasteiger partial charge in [-0.2, -0.15) is 0 Å². The highest BCUT2D eigenvalue weighted by Crippen LogP contribution is 2.41. The Morgan fingerprint density at radius 1 is 0.542 bits per heavy atom. The molecule has 6 heteroatoms. The highest BCUT2D eigenvalue weighted by atomic mass is 16.5. The minimum Gasteiger partial charge on any atom is -0.439 e. The van der Waals surface area contributed by atoms with Crippen LogP contribution in [-0.4, -0.2) is 30.0 Å². The van der Waals surface area contributed by atoms with Crippen LogP contribution in [0.3, 0.4) is 0 Å². The van der Waals surface area contributed by atoms with Crippen LogP contribution < -0.4 is 30.9 Å². The van der Waals surface area contributed by atoms with Gasteiger partial charge in [-0.25, -0.2) is 4.98 Å². The number of hydrogen-bond acceptors (Lipinski definition) is 4. The van der Waals surface area contributed by atoms with E-state index in [0.29, 0.717) is 5.88 Å². The second kappa shape index (κ2) is 14.5. The molecule has 0 fully saturated rings. The first-order valence-corrected chi connectivity index (χ1v) is 20.8. The van der Waals surface area contributed by atoms with E-state index < -0.39 is 0 Å². The summed E-state index contributed by atoms with van der Waals surface area (Å²) < 4.78 is 9.01. The zero-order chi connectivity index (χ0) is 41.4. The number of anilines is 3. The molecule has 3 heterocycles. The molecule has 0 spiro atoms. The van der Waals surface area contributed by atoms with Gasteiger partial charge in [0.25, 0.3) is 0 Å². The van der Waals surface area contributed by atoms with Gasteiger partial charge in [0.15, 0.2) is 0 Å². The smallest absolute Gasteiger partial charge is 0.243 e. The summed E-state index contributed by atoms with van der Waals surface area (Å²) in [5.41, 5.74) is 25.3. The number of pyridine rings is 1. The summed E-state index contributed by atoms with van der Waals surface area (Å²) in [6.45, 7) is 23.8. The summed E-state index contributed by atoms with van der Waals surface area (Å²) in [6, 6.07) is 39.1. The van der Waals surface area contributed by atoms with Crippen LogP contribution in [0.1, 0.15) is 55.6 Å². The Morgan fingerprint density at radius 2 is 1.12 bits per heavy atom. The van der Waals surface area contributed by atoms with E-state index in [2.05, 4.69) is 188 Å². The van der Waals surface area contributed by atoms with Gasteiger partial charge < -0.3 is 19.1 Å². The lowest BCUT2D eigenvalue weighted by Crippen LogP contribution is -2.57. The van der Waals surface area contributed by atoms with Gasteiger partial charge in [-0.3, -0.25) is 0 Å². The topological polar surface area (TPSA) is 33.5 Å². The third-order valence-electron chi connectivity index (χ3n) is 13.0. The van der Waals surface area contributed by atoms with Crippen LogP contribution in [0.2, 0.25) is 0 Å². The molecular formula is C53H53BN4O. The lowest BCUT2D eigenvalue weighted by atomic mass is 9.32. The van der Waals surface area contributed by atoms with Crippen molar-refractivity contribution in [2.24, 2.45) is 0 Å². The van der Waals surface area contributed by atoms with E-state index in [-0.39, 0.29) is 6.71 Å². The molecule has 0 unspecified atom stereocenters. The van der Waals surface area contributed by atoms with Crippen LogP contribution in [0.4, 0.5) is 17.1 Å². The van der Waals surface area contributed by atoms with E-state index in [9.17, 15) is 0 Å². The van der Waals surface area contributed by atoms with Gasteiger partial charge in [0.2, 0.25) is 12.6 Å². The van der Waals surface area contributed by atoms with E-state index in [1.807, 2.05) is 12.1 Å². The molecule has 2 aromatic heterocycles. The first kappa shape index (κ1) is 38.3. The predicted octanol–water partition coefficient (Wildman–Crippen LogP) is 11.1. The molecule has 0 bridgehead atoms. The molecule has 0 radical (unpaired) electrons. The number of rotatable bonds is 7. The third kappa shape index (κ3) is 6.28. The molecule has 8 aromatic rings. The number of nitrogens with zero attached hydrogens (tertiary/aromatic N) is 4. The summed E-state index contributed by atoms with van der Waals surface area (Å²) >= 11 is 0. The average molecular weight is 773 g/mol. The minimum atomic E-state index is 0.0989. The van der Waals surface area contributed by atoms with Crippen LogP contribution in [0.25, 0.3) is 27.6 Å². The van der Waals surface area contributed by atoms with E-state index >= 15 is 0 Å². The fourth-order valence-electron chi connectivity index (χ4n) is 10.4. The Kier molecular flexibility index (Phi) is 9.42. The molecule has 0 N–H and O–H groups in total. The summed E-state index contributed by atoms with van der Waals surface area (Å²) in [6.07, 6.45) is 0. The standard InChI is InChI=1S/C53H53BN4O/c1-31-25-33(3)49(34(4)26-31)54(50-35(5)27-32(2)28-36(50)6)51-37(7)39(9)53(40(10)38(51)8)58-44-20-13-12-19-43(44)52-47(58)23-24-48(55-52)59-42-18-16-17-41(29-42)57-30-56(11)45-21-14-15-22-46(45)57/h12-29H,30H2,1-11H3. The second-order valence-electron chi connectivity index (χ2n) is 17.0. The van der Waals surface area contributed by atoms with Gasteiger partial charge in [-0.1, -0.05) is 122 Å². The van der Waals surface area contributed by atoms with E-state index in [1.165, 1.54) is 89.1 Å². The lowest BCUT2D eigenvalue weighted by Gasteiger charge is -2.30. The second-order valence-corrected chi connectivity index (χ2v) is 17.0. The minimum absolute atomic E-state index is 0.0989. The van der Waals surface area contributed by atoms with Gasteiger partial charge in [0.1, 0.15) is 11.3 Å². The monoisotopic (exact) mass is 772 g/mol. The fraction of sp³-hybridized carbons (Fsp3) is 0.226. The number of hydrogen-bond donors (Lipinski definition) is 0. The number of ether oxygens (including phenoxy) is 1. The maximum atomic E-state index is 6.57. The highest BCUT2D eigenvalue weighted by molar-refractivity contribution is 6.97. The Balaban J connectivity index is 1.18. The van der Waals surface area contributed by atoms with Gasteiger partial charge in [0.05, 0.1) is 34.8 Å². The molecule has 1 aliphatic heterocycles. The molecule has 5 nitrogen and oxygen atoms in total. The average Bonchev–Trinajstić information content (AvgIpc) is 3.71. The number of aromatic nitrogens is 2. The number of benzene rings is 6. The van der Waals surface area contributed by atoms with Crippen LogP contribution in [0.15, 0.2) is 109 Å². The maximum absolute atomic E-state index is 6.57. The van der Waals surface area contributed by atoms with Crippen LogP contribution >= 0.6 is 0 Å². The molecule has 0 saturated carbocycles. The van der Waals surface area contributed by atoms with Gasteiger partial charge in [-0.05, 0) is 117 Å². The molecule has 0 aliphatic carbocycles. The summed E-state index contributed by atoms with van der Waals surface area (Å²) in [5.74, 6) is 1.33. The highest BCUT2D eigenvalue weighted by Gasteiger charge is 2.33. The van der Waals surface area contributed by atoms with E-state index in [1.54, 1.807) is 0 Å². The Labute approximate surface area is 350 Å². The molecule has 6 aromatic carbocycles. The molecule has 59 heavy (non-hydrogen) atoms. The molecule has 0 amide bonds. The van der Waals surface area contributed by atoms with Crippen LogP contribution in [0, 0.1) is 69.2 Å². The zero-order valence-electron chi connectivity index (χ0n) is 36.4.